The number of nitrogens with two attached hydrogens (primary N) is 1. The second kappa shape index (κ2) is 9.42. The lowest BCUT2D eigenvalue weighted by molar-refractivity contribution is -0.143. The third kappa shape index (κ3) is 6.79. The number of carbonyl (C=O) groups is 1. The summed E-state index contributed by atoms with van der Waals surface area (Å²) >= 11 is 0. The Labute approximate surface area is 131 Å². The Kier molecular flexibility index (Phi) is 9.14. The first-order chi connectivity index (χ1) is 9.68. The quantitative estimate of drug-likeness (QED) is 0.577. The van der Waals surface area contributed by atoms with Crippen LogP contribution < -0.4 is 5.73 Å². The summed E-state index contributed by atoms with van der Waals surface area (Å²) in [7, 11) is 0. The number of carbonyl (C=O) groups excluding carboxylic acids is 1. The zero-order chi connectivity index (χ0) is 16.5. The van der Waals surface area contributed by atoms with Crippen molar-refractivity contribution in [2.24, 2.45) is 11.1 Å². The topological polar surface area (TPSA) is 66.6 Å². The Morgan fingerprint density at radius 3 is 2.00 bits per heavy atom. The van der Waals surface area contributed by atoms with Crippen LogP contribution in [0.25, 0.3) is 0 Å². The van der Waals surface area contributed by atoms with Gasteiger partial charge in [-0.1, -0.05) is 32.6 Å². The van der Waals surface area contributed by atoms with Crippen LogP contribution in [-0.4, -0.2) is 41.1 Å². The van der Waals surface area contributed by atoms with Crippen LogP contribution in [0.2, 0.25) is 0 Å². The van der Waals surface area contributed by atoms with Crippen LogP contribution in [0.3, 0.4) is 0 Å². The molecule has 0 aliphatic carbocycles. The minimum absolute atomic E-state index is 0.0962. The number of rotatable bonds is 11. The number of amides is 1. The second-order valence-corrected chi connectivity index (χ2v) is 7.13. The standard InChI is InChI=1S/C17H36N2O2/c1-6-7-8-9-10-12-19(13-11-14-20)15(21)16(2,3)17(4,5)18/h20H,6-14,18H2,1-5H3. The molecule has 0 radical (unpaired) electrons. The van der Waals surface area contributed by atoms with Crippen LogP contribution in [0.4, 0.5) is 0 Å². The summed E-state index contributed by atoms with van der Waals surface area (Å²) in [6.07, 6.45) is 6.51. The van der Waals surface area contributed by atoms with Crippen molar-refractivity contribution < 1.29 is 9.90 Å². The molecule has 0 aromatic rings. The van der Waals surface area contributed by atoms with E-state index in [0.717, 1.165) is 19.4 Å². The number of unbranched alkanes of at least 4 members (excludes halogenated alkanes) is 4. The van der Waals surface area contributed by atoms with Gasteiger partial charge in [-0.05, 0) is 40.5 Å². The van der Waals surface area contributed by atoms with Gasteiger partial charge in [-0.15, -0.1) is 0 Å². The summed E-state index contributed by atoms with van der Waals surface area (Å²) in [5.41, 5.74) is 5.01. The van der Waals surface area contributed by atoms with Crippen LogP contribution in [0.1, 0.15) is 73.1 Å². The second-order valence-electron chi connectivity index (χ2n) is 7.13. The predicted octanol–water partition coefficient (Wildman–Crippen LogP) is 2.93. The molecule has 0 rings (SSSR count). The third-order valence-electron chi connectivity index (χ3n) is 4.55. The summed E-state index contributed by atoms with van der Waals surface area (Å²) in [4.78, 5) is 14.7. The lowest BCUT2D eigenvalue weighted by Gasteiger charge is -2.40. The van der Waals surface area contributed by atoms with E-state index in [2.05, 4.69) is 6.92 Å². The van der Waals surface area contributed by atoms with Gasteiger partial charge in [-0.2, -0.15) is 0 Å². The van der Waals surface area contributed by atoms with Gasteiger partial charge >= 0.3 is 0 Å². The fourth-order valence-electron chi connectivity index (χ4n) is 2.15. The van der Waals surface area contributed by atoms with Gasteiger partial charge in [0.1, 0.15) is 0 Å². The first kappa shape index (κ1) is 20.4. The molecule has 1 amide bonds. The Hall–Kier alpha value is -0.610. The van der Waals surface area contributed by atoms with Gasteiger partial charge in [0.2, 0.25) is 5.91 Å². The normalized spacial score (nSPS) is 12.5. The molecular formula is C17H36N2O2. The van der Waals surface area contributed by atoms with Crippen molar-refractivity contribution in [2.75, 3.05) is 19.7 Å². The van der Waals surface area contributed by atoms with E-state index in [-0.39, 0.29) is 12.5 Å². The highest BCUT2D eigenvalue weighted by Crippen LogP contribution is 2.30. The molecule has 0 fully saturated rings. The van der Waals surface area contributed by atoms with E-state index in [1.54, 1.807) is 0 Å². The maximum Gasteiger partial charge on any atom is 0.230 e. The molecular weight excluding hydrogens is 264 g/mol. The molecule has 0 saturated heterocycles. The van der Waals surface area contributed by atoms with Crippen molar-refractivity contribution in [2.45, 2.75) is 78.7 Å². The summed E-state index contributed by atoms with van der Waals surface area (Å²) in [6, 6.07) is 0. The predicted molar refractivity (Wildman–Crippen MR) is 89.1 cm³/mol. The summed E-state index contributed by atoms with van der Waals surface area (Å²) in [5, 5.41) is 9.04. The molecule has 0 heterocycles. The molecule has 0 aromatic heterocycles. The van der Waals surface area contributed by atoms with E-state index in [1.165, 1.54) is 19.3 Å². The highest BCUT2D eigenvalue weighted by Gasteiger charge is 2.42. The van der Waals surface area contributed by atoms with Gasteiger partial charge < -0.3 is 15.7 Å². The van der Waals surface area contributed by atoms with Gasteiger partial charge in [0.05, 0.1) is 5.41 Å². The van der Waals surface area contributed by atoms with Crippen molar-refractivity contribution in [1.29, 1.82) is 0 Å². The molecule has 0 aliphatic rings. The fourth-order valence-corrected chi connectivity index (χ4v) is 2.15. The fraction of sp³-hybridized carbons (Fsp3) is 0.941. The zero-order valence-electron chi connectivity index (χ0n) is 14.7. The van der Waals surface area contributed by atoms with Crippen LogP contribution in [0.5, 0.6) is 0 Å². The lowest BCUT2D eigenvalue weighted by atomic mass is 9.74. The third-order valence-corrected chi connectivity index (χ3v) is 4.55. The number of aliphatic hydroxyl groups excluding tert-OH is 1. The van der Waals surface area contributed by atoms with Gasteiger partial charge in [-0.25, -0.2) is 0 Å². The van der Waals surface area contributed by atoms with Crippen LogP contribution in [-0.2, 0) is 4.79 Å². The highest BCUT2D eigenvalue weighted by molar-refractivity contribution is 5.83. The van der Waals surface area contributed by atoms with Crippen molar-refractivity contribution in [3.63, 3.8) is 0 Å². The molecule has 0 unspecified atom stereocenters. The molecule has 4 heteroatoms. The van der Waals surface area contributed by atoms with Crippen molar-refractivity contribution in [3.05, 3.63) is 0 Å². The SMILES string of the molecule is CCCCCCCN(CCCO)C(=O)C(C)(C)C(C)(C)N. The average molecular weight is 300 g/mol. The maximum absolute atomic E-state index is 12.8. The van der Waals surface area contributed by atoms with E-state index in [0.29, 0.717) is 13.0 Å². The Morgan fingerprint density at radius 2 is 1.52 bits per heavy atom. The van der Waals surface area contributed by atoms with Gasteiger partial charge in [0.25, 0.3) is 0 Å². The number of hydrogen-bond donors (Lipinski definition) is 2. The Bertz CT molecular complexity index is 296. The molecule has 0 aliphatic heterocycles. The van der Waals surface area contributed by atoms with E-state index in [4.69, 9.17) is 10.8 Å². The first-order valence-electron chi connectivity index (χ1n) is 8.37. The van der Waals surface area contributed by atoms with E-state index in [1.807, 2.05) is 32.6 Å². The highest BCUT2D eigenvalue weighted by atomic mass is 16.3. The molecule has 0 bridgehead atoms. The van der Waals surface area contributed by atoms with Crippen LogP contribution in [0, 0.1) is 5.41 Å². The van der Waals surface area contributed by atoms with Crippen molar-refractivity contribution in [1.82, 2.24) is 4.90 Å². The summed E-state index contributed by atoms with van der Waals surface area (Å²) in [6.45, 7) is 11.3. The van der Waals surface area contributed by atoms with Crippen LogP contribution >= 0.6 is 0 Å². The smallest absolute Gasteiger partial charge is 0.230 e. The summed E-state index contributed by atoms with van der Waals surface area (Å²) in [5.74, 6) is 0.0962. The van der Waals surface area contributed by atoms with Crippen LogP contribution in [0.15, 0.2) is 0 Å². The largest absolute Gasteiger partial charge is 0.396 e. The van der Waals surface area contributed by atoms with Gasteiger partial charge in [-0.3, -0.25) is 4.79 Å². The first-order valence-corrected chi connectivity index (χ1v) is 8.37. The monoisotopic (exact) mass is 300 g/mol. The average Bonchev–Trinajstić information content (AvgIpc) is 2.39. The molecule has 126 valence electrons. The van der Waals surface area contributed by atoms with Gasteiger partial charge in [0, 0.05) is 25.2 Å². The summed E-state index contributed by atoms with van der Waals surface area (Å²) < 4.78 is 0. The molecule has 4 nitrogen and oxygen atoms in total. The minimum Gasteiger partial charge on any atom is -0.396 e. The zero-order valence-corrected chi connectivity index (χ0v) is 14.7. The Balaban J connectivity index is 4.62. The van der Waals surface area contributed by atoms with Gasteiger partial charge in [0.15, 0.2) is 0 Å². The molecule has 0 atom stereocenters. The molecule has 21 heavy (non-hydrogen) atoms. The van der Waals surface area contributed by atoms with E-state index < -0.39 is 11.0 Å². The molecule has 0 saturated carbocycles. The maximum atomic E-state index is 12.8. The molecule has 0 aromatic carbocycles. The minimum atomic E-state index is -0.605. The lowest BCUT2D eigenvalue weighted by Crippen LogP contribution is -2.56. The van der Waals surface area contributed by atoms with E-state index in [9.17, 15) is 4.79 Å². The molecule has 3 N–H and O–H groups in total. The van der Waals surface area contributed by atoms with E-state index >= 15 is 0 Å². The Morgan fingerprint density at radius 1 is 1.00 bits per heavy atom. The van der Waals surface area contributed by atoms with Crippen molar-refractivity contribution in [3.8, 4) is 0 Å². The van der Waals surface area contributed by atoms with Crippen molar-refractivity contribution >= 4 is 5.91 Å². The number of aliphatic hydroxyl groups is 1. The molecule has 0 spiro atoms. The number of nitrogens with zero attached hydrogens (tertiary/aromatic N) is 1. The number of hydrogen-bond acceptors (Lipinski definition) is 3.